The van der Waals surface area contributed by atoms with Gasteiger partial charge in [-0.1, -0.05) is 107 Å². The van der Waals surface area contributed by atoms with Gasteiger partial charge in [0, 0.05) is 64.7 Å². The summed E-state index contributed by atoms with van der Waals surface area (Å²) >= 11 is 4.42. The first-order valence-electron chi connectivity index (χ1n) is 18.3. The summed E-state index contributed by atoms with van der Waals surface area (Å²) in [5, 5.41) is 18.1. The van der Waals surface area contributed by atoms with E-state index in [0.29, 0.717) is 19.3 Å². The van der Waals surface area contributed by atoms with E-state index in [4.69, 9.17) is 0 Å². The lowest BCUT2D eigenvalue weighted by Gasteiger charge is -2.27. The number of hydrogen-bond donors (Lipinski definition) is 3. The van der Waals surface area contributed by atoms with E-state index in [1.165, 1.54) is 22.7 Å². The van der Waals surface area contributed by atoms with Crippen LogP contribution in [-0.4, -0.2) is 59.6 Å². The average Bonchev–Trinajstić information content (AvgIpc) is 3.33. The number of nitroso groups, excluding NO2 is 2. The topological polar surface area (TPSA) is 114 Å². The second kappa shape index (κ2) is 20.2. The summed E-state index contributed by atoms with van der Waals surface area (Å²) in [4.78, 5) is 38.4. The molecule has 3 atom stereocenters. The van der Waals surface area contributed by atoms with Crippen LogP contribution in [0.1, 0.15) is 85.6 Å². The molecule has 0 aromatic heterocycles. The molecule has 2 N–H and O–H groups in total. The fraction of sp³-hybridized carbons (Fsp3) is 0.476. The number of aliphatic hydroxyl groups excluding tert-OH is 1. The summed E-state index contributed by atoms with van der Waals surface area (Å²) in [6.07, 6.45) is 18.0. The maximum atomic E-state index is 12.7. The van der Waals surface area contributed by atoms with Gasteiger partial charge >= 0.3 is 0 Å². The standard InChI is InChI=1S/C42H57N5O4S/c1-8-35(36(45-51)29-31(30-48)44-50)43-40(49)23-15-12-18-28-47-37-20-17-16-19-34(37)42(5,6)39(47)22-14-11-9-10-13-21-38(41(2,3)4)46(7)32-24-26-33(52)27-25-32/h9-11,13-14,16-17,19-22,24-27,31,35-36,48H,8,12,15,18,23,28-30H2,1-7H3,(H-,43,49,52)/p+1. The van der Waals surface area contributed by atoms with Gasteiger partial charge in [-0.3, -0.25) is 4.79 Å². The molecule has 1 amide bonds. The van der Waals surface area contributed by atoms with Crippen molar-refractivity contribution in [2.75, 3.05) is 25.1 Å². The summed E-state index contributed by atoms with van der Waals surface area (Å²) in [5.41, 5.74) is 5.85. The van der Waals surface area contributed by atoms with E-state index in [9.17, 15) is 19.7 Å². The van der Waals surface area contributed by atoms with Crippen LogP contribution in [0.25, 0.3) is 0 Å². The molecule has 3 unspecified atom stereocenters. The molecule has 0 fully saturated rings. The number of anilines is 1. The highest BCUT2D eigenvalue weighted by Crippen LogP contribution is 2.47. The molecular weight excluding hydrogens is 671 g/mol. The first-order chi connectivity index (χ1) is 24.8. The Morgan fingerprint density at radius 3 is 2.29 bits per heavy atom. The normalized spacial score (nSPS) is 17.4. The SMILES string of the molecule is CCC(NC(=O)CCCCCN1/C(=C/C=C/C=C/C=C/C(=[N+](C)c2ccc(S)cc2)C(C)(C)C)C(C)(C)c2ccccc21)C(CC(CO)N=O)N=O. The second-order valence-corrected chi connectivity index (χ2v) is 15.4. The van der Waals surface area contributed by atoms with Crippen molar-refractivity contribution in [3.05, 3.63) is 112 Å². The molecule has 0 saturated heterocycles. The Balaban J connectivity index is 1.63. The zero-order chi connectivity index (χ0) is 38.3. The average molecular weight is 729 g/mol. The molecule has 0 spiro atoms. The molecule has 2 aromatic carbocycles. The molecule has 0 aliphatic carbocycles. The quantitative estimate of drug-likeness (QED) is 0.0333. The molecule has 10 heteroatoms. The lowest BCUT2D eigenvalue weighted by atomic mass is 9.84. The summed E-state index contributed by atoms with van der Waals surface area (Å²) < 4.78 is 2.22. The predicted molar refractivity (Wildman–Crippen MR) is 218 cm³/mol. The number of nitrogens with one attached hydrogen (secondary N) is 1. The number of para-hydroxylation sites is 1. The smallest absolute Gasteiger partial charge is 0.220 e. The number of amides is 1. The lowest BCUT2D eigenvalue weighted by molar-refractivity contribution is -0.408. The number of carbonyl (C=O) groups excluding carboxylic acids is 1. The van der Waals surface area contributed by atoms with Crippen LogP contribution in [0.5, 0.6) is 0 Å². The van der Waals surface area contributed by atoms with Crippen LogP contribution in [-0.2, 0) is 10.2 Å². The van der Waals surface area contributed by atoms with Crippen molar-refractivity contribution >= 4 is 35.6 Å². The van der Waals surface area contributed by atoms with Crippen LogP contribution in [0.2, 0.25) is 0 Å². The molecule has 0 saturated carbocycles. The minimum Gasteiger partial charge on any atom is -0.394 e. The Hall–Kier alpha value is -4.15. The maximum Gasteiger partial charge on any atom is 0.220 e. The monoisotopic (exact) mass is 728 g/mol. The highest BCUT2D eigenvalue weighted by atomic mass is 32.1. The zero-order valence-corrected chi connectivity index (χ0v) is 32.9. The fourth-order valence-electron chi connectivity index (χ4n) is 6.74. The van der Waals surface area contributed by atoms with E-state index in [1.54, 1.807) is 0 Å². The molecule has 1 aliphatic rings. The predicted octanol–water partition coefficient (Wildman–Crippen LogP) is 9.19. The molecular formula is C42H58N5O4S+. The van der Waals surface area contributed by atoms with Crippen LogP contribution in [0.3, 0.4) is 0 Å². The van der Waals surface area contributed by atoms with E-state index >= 15 is 0 Å². The van der Waals surface area contributed by atoms with Crippen LogP contribution in [0.4, 0.5) is 11.4 Å². The van der Waals surface area contributed by atoms with Gasteiger partial charge in [0.05, 0.1) is 12.6 Å². The molecule has 280 valence electrons. The van der Waals surface area contributed by atoms with Crippen LogP contribution < -0.4 is 10.2 Å². The number of hydrogen-bond acceptors (Lipinski definition) is 8. The molecule has 1 aliphatic heterocycles. The van der Waals surface area contributed by atoms with Crippen molar-refractivity contribution < 1.29 is 14.5 Å². The van der Waals surface area contributed by atoms with Gasteiger partial charge in [0.1, 0.15) is 19.1 Å². The molecule has 2 aromatic rings. The Kier molecular flexibility index (Phi) is 16.4. The van der Waals surface area contributed by atoms with E-state index in [0.717, 1.165) is 30.0 Å². The van der Waals surface area contributed by atoms with Crippen LogP contribution in [0.15, 0.2) is 112 Å². The van der Waals surface area contributed by atoms with Gasteiger partial charge in [-0.05, 0) is 49.1 Å². The molecule has 3 rings (SSSR count). The Morgan fingerprint density at radius 2 is 1.65 bits per heavy atom. The molecule has 1 heterocycles. The number of thiol groups is 1. The Bertz CT molecular complexity index is 1650. The molecule has 52 heavy (non-hydrogen) atoms. The molecule has 0 bridgehead atoms. The number of allylic oxidation sites excluding steroid dienone is 8. The van der Waals surface area contributed by atoms with Gasteiger partial charge < -0.3 is 15.3 Å². The largest absolute Gasteiger partial charge is 0.394 e. The van der Waals surface area contributed by atoms with E-state index in [2.05, 4.69) is 158 Å². The highest BCUT2D eigenvalue weighted by Gasteiger charge is 2.39. The van der Waals surface area contributed by atoms with Crippen LogP contribution >= 0.6 is 12.6 Å². The second-order valence-electron chi connectivity index (χ2n) is 14.9. The molecule has 0 radical (unpaired) electrons. The summed E-state index contributed by atoms with van der Waals surface area (Å²) in [6.45, 7) is 13.4. The van der Waals surface area contributed by atoms with Crippen molar-refractivity contribution in [3.8, 4) is 0 Å². The lowest BCUT2D eigenvalue weighted by Crippen LogP contribution is -2.43. The number of benzene rings is 2. The zero-order valence-electron chi connectivity index (χ0n) is 32.0. The summed E-state index contributed by atoms with van der Waals surface area (Å²) in [7, 11) is 2.09. The number of nitrogens with zero attached hydrogens (tertiary/aromatic N) is 4. The fourth-order valence-corrected chi connectivity index (χ4v) is 6.89. The number of aliphatic hydroxyl groups is 1. The number of unbranched alkanes of at least 4 members (excludes halogenated alkanes) is 2. The summed E-state index contributed by atoms with van der Waals surface area (Å²) in [6, 6.07) is 14.5. The van der Waals surface area contributed by atoms with Crippen molar-refractivity contribution in [2.45, 2.75) is 109 Å². The van der Waals surface area contributed by atoms with E-state index in [-0.39, 0.29) is 23.2 Å². The first kappa shape index (κ1) is 42.3. The number of carbonyl (C=O) groups is 1. The van der Waals surface area contributed by atoms with Gasteiger partial charge in [0.2, 0.25) is 11.6 Å². The van der Waals surface area contributed by atoms with Crippen molar-refractivity contribution in [2.24, 2.45) is 15.8 Å². The Morgan fingerprint density at radius 1 is 0.981 bits per heavy atom. The van der Waals surface area contributed by atoms with Gasteiger partial charge in [-0.2, -0.15) is 14.4 Å². The highest BCUT2D eigenvalue weighted by molar-refractivity contribution is 7.80. The third-order valence-corrected chi connectivity index (χ3v) is 9.96. The van der Waals surface area contributed by atoms with Crippen molar-refractivity contribution in [3.63, 3.8) is 0 Å². The van der Waals surface area contributed by atoms with Crippen molar-refractivity contribution in [1.29, 1.82) is 0 Å². The first-order valence-corrected chi connectivity index (χ1v) is 18.8. The third kappa shape index (κ3) is 11.7. The van der Waals surface area contributed by atoms with Gasteiger partial charge in [-0.25, -0.2) is 0 Å². The minimum absolute atomic E-state index is 0.0102. The number of rotatable bonds is 19. The van der Waals surface area contributed by atoms with Gasteiger partial charge in [-0.15, -0.1) is 12.6 Å². The van der Waals surface area contributed by atoms with Gasteiger partial charge in [0.25, 0.3) is 0 Å². The number of fused-ring (bicyclic) bond motifs is 1. The van der Waals surface area contributed by atoms with Crippen LogP contribution in [0, 0.1) is 15.2 Å². The van der Waals surface area contributed by atoms with Crippen molar-refractivity contribution in [1.82, 2.24) is 5.32 Å². The van der Waals surface area contributed by atoms with E-state index in [1.807, 2.05) is 19.1 Å². The third-order valence-electron chi connectivity index (χ3n) is 9.66. The summed E-state index contributed by atoms with van der Waals surface area (Å²) in [5.74, 6) is -0.149. The van der Waals surface area contributed by atoms with Gasteiger partial charge in [0.15, 0.2) is 5.71 Å². The Labute approximate surface area is 316 Å². The molecule has 9 nitrogen and oxygen atoms in total. The van der Waals surface area contributed by atoms with E-state index < -0.39 is 24.7 Å². The minimum atomic E-state index is -0.913. The maximum absolute atomic E-state index is 12.7.